The van der Waals surface area contributed by atoms with Crippen LogP contribution in [0.15, 0.2) is 65.9 Å². The lowest BCUT2D eigenvalue weighted by atomic mass is 10.1. The second-order valence-electron chi connectivity index (χ2n) is 6.82. The number of nitrogens with one attached hydrogen (secondary N) is 1. The molecule has 0 bridgehead atoms. The standard InChI is InChI=1S/C22H21N5O2/c1-2-16-8-10-18(11-9-16)21-19(12-23-27-15-20(28)24-22(27)29)14-26(25-21)13-17-6-4-3-5-7-17/h3-12,14H,2,13,15H2,1H3,(H,24,28,29)/b23-12-. The molecule has 1 N–H and O–H groups in total. The van der Waals surface area contributed by atoms with E-state index in [1.165, 1.54) is 5.56 Å². The van der Waals surface area contributed by atoms with Gasteiger partial charge < -0.3 is 0 Å². The van der Waals surface area contributed by atoms with E-state index in [4.69, 9.17) is 5.10 Å². The quantitative estimate of drug-likeness (QED) is 0.521. The molecule has 3 amide bonds. The Hall–Kier alpha value is -3.74. The minimum atomic E-state index is -0.517. The number of hydrogen-bond acceptors (Lipinski definition) is 4. The third-order valence-corrected chi connectivity index (χ3v) is 4.72. The number of benzene rings is 2. The van der Waals surface area contributed by atoms with Crippen molar-refractivity contribution in [2.75, 3.05) is 6.54 Å². The molecule has 7 nitrogen and oxygen atoms in total. The number of aryl methyl sites for hydroxylation is 1. The molecule has 1 saturated heterocycles. The van der Waals surface area contributed by atoms with E-state index in [1.54, 1.807) is 6.21 Å². The predicted octanol–water partition coefficient (Wildman–Crippen LogP) is 3.05. The zero-order chi connectivity index (χ0) is 20.2. The first-order valence-electron chi connectivity index (χ1n) is 9.48. The van der Waals surface area contributed by atoms with E-state index < -0.39 is 6.03 Å². The number of amides is 3. The molecule has 0 spiro atoms. The maximum atomic E-state index is 11.7. The zero-order valence-corrected chi connectivity index (χ0v) is 16.1. The number of rotatable bonds is 6. The molecular weight excluding hydrogens is 366 g/mol. The Morgan fingerprint density at radius 1 is 1.07 bits per heavy atom. The summed E-state index contributed by atoms with van der Waals surface area (Å²) in [5.74, 6) is -0.359. The van der Waals surface area contributed by atoms with Gasteiger partial charge in [-0.3, -0.25) is 14.8 Å². The molecule has 1 fully saturated rings. The van der Waals surface area contributed by atoms with Gasteiger partial charge in [0.2, 0.25) is 5.91 Å². The van der Waals surface area contributed by atoms with E-state index >= 15 is 0 Å². The van der Waals surface area contributed by atoms with Crippen molar-refractivity contribution in [3.63, 3.8) is 0 Å². The van der Waals surface area contributed by atoms with Gasteiger partial charge in [-0.1, -0.05) is 61.5 Å². The van der Waals surface area contributed by atoms with Crippen molar-refractivity contribution in [1.29, 1.82) is 0 Å². The summed E-state index contributed by atoms with van der Waals surface area (Å²) in [6, 6.07) is 17.8. The van der Waals surface area contributed by atoms with Crippen molar-refractivity contribution in [3.8, 4) is 11.3 Å². The summed E-state index contributed by atoms with van der Waals surface area (Å²) < 4.78 is 1.86. The maximum Gasteiger partial charge on any atom is 0.344 e. The minimum absolute atomic E-state index is 0.0754. The van der Waals surface area contributed by atoms with Gasteiger partial charge in [0.15, 0.2) is 0 Å². The van der Waals surface area contributed by atoms with Gasteiger partial charge in [0.05, 0.1) is 12.8 Å². The molecular formula is C22H21N5O2. The Kier molecular flexibility index (Phi) is 5.20. The van der Waals surface area contributed by atoms with Crippen LogP contribution >= 0.6 is 0 Å². The van der Waals surface area contributed by atoms with Gasteiger partial charge in [0, 0.05) is 17.3 Å². The molecule has 0 atom stereocenters. The Morgan fingerprint density at radius 3 is 2.48 bits per heavy atom. The number of carbonyl (C=O) groups is 2. The molecule has 2 aromatic carbocycles. The fourth-order valence-electron chi connectivity index (χ4n) is 3.16. The lowest BCUT2D eigenvalue weighted by Gasteiger charge is -2.04. The molecule has 146 valence electrons. The summed E-state index contributed by atoms with van der Waals surface area (Å²) in [5, 5.41) is 12.3. The van der Waals surface area contributed by atoms with E-state index in [0.717, 1.165) is 33.8 Å². The summed E-state index contributed by atoms with van der Waals surface area (Å²) in [4.78, 5) is 23.1. The summed E-state index contributed by atoms with van der Waals surface area (Å²) in [6.45, 7) is 2.66. The van der Waals surface area contributed by atoms with Crippen molar-refractivity contribution in [1.82, 2.24) is 20.1 Å². The topological polar surface area (TPSA) is 79.6 Å². The fourth-order valence-corrected chi connectivity index (χ4v) is 3.16. The largest absolute Gasteiger partial charge is 0.344 e. The molecule has 29 heavy (non-hydrogen) atoms. The van der Waals surface area contributed by atoms with Crippen molar-refractivity contribution in [2.45, 2.75) is 19.9 Å². The van der Waals surface area contributed by atoms with Crippen molar-refractivity contribution in [3.05, 3.63) is 77.5 Å². The Morgan fingerprint density at radius 2 is 1.83 bits per heavy atom. The van der Waals surface area contributed by atoms with E-state index in [-0.39, 0.29) is 12.5 Å². The Balaban J connectivity index is 1.67. The van der Waals surface area contributed by atoms with Gasteiger partial charge in [-0.05, 0) is 17.5 Å². The van der Waals surface area contributed by atoms with E-state index in [2.05, 4.69) is 29.5 Å². The highest BCUT2D eigenvalue weighted by Gasteiger charge is 2.26. The number of urea groups is 1. The van der Waals surface area contributed by atoms with Crippen LogP contribution in [0.5, 0.6) is 0 Å². The third kappa shape index (κ3) is 4.24. The SMILES string of the molecule is CCc1ccc(-c2nn(Cc3ccccc3)cc2/C=N\N2CC(=O)NC2=O)cc1. The molecule has 0 aliphatic carbocycles. The van der Waals surface area contributed by atoms with E-state index in [1.807, 2.05) is 53.3 Å². The van der Waals surface area contributed by atoms with Gasteiger partial charge in [0.25, 0.3) is 0 Å². The summed E-state index contributed by atoms with van der Waals surface area (Å²) in [5.41, 5.74) is 4.91. The molecule has 0 saturated carbocycles. The van der Waals surface area contributed by atoms with Crippen LogP contribution in [0.3, 0.4) is 0 Å². The van der Waals surface area contributed by atoms with Crippen LogP contribution in [0.1, 0.15) is 23.6 Å². The van der Waals surface area contributed by atoms with Crippen molar-refractivity contribution >= 4 is 18.2 Å². The first kappa shape index (κ1) is 18.6. The molecule has 0 radical (unpaired) electrons. The Labute approximate surface area is 168 Å². The van der Waals surface area contributed by atoms with Gasteiger partial charge in [-0.2, -0.15) is 10.2 Å². The average molecular weight is 387 g/mol. The number of aromatic nitrogens is 2. The molecule has 0 unspecified atom stereocenters. The number of nitrogens with zero attached hydrogens (tertiary/aromatic N) is 4. The molecule has 7 heteroatoms. The fraction of sp³-hybridized carbons (Fsp3) is 0.182. The lowest BCUT2D eigenvalue weighted by molar-refractivity contribution is -0.118. The van der Waals surface area contributed by atoms with E-state index in [9.17, 15) is 9.59 Å². The lowest BCUT2D eigenvalue weighted by Crippen LogP contribution is -2.24. The molecule has 3 aromatic rings. The van der Waals surface area contributed by atoms with Crippen LogP contribution in [0, 0.1) is 0 Å². The van der Waals surface area contributed by atoms with Crippen LogP contribution in [0.25, 0.3) is 11.3 Å². The summed E-state index contributed by atoms with van der Waals surface area (Å²) in [6.07, 6.45) is 4.44. The smallest absolute Gasteiger partial charge is 0.275 e. The average Bonchev–Trinajstić information content (AvgIpc) is 3.29. The van der Waals surface area contributed by atoms with Crippen LogP contribution in [-0.2, 0) is 17.8 Å². The molecule has 4 rings (SSSR count). The number of carbonyl (C=O) groups excluding carboxylic acids is 2. The molecule has 1 aliphatic rings. The monoisotopic (exact) mass is 387 g/mol. The second-order valence-corrected chi connectivity index (χ2v) is 6.82. The second kappa shape index (κ2) is 8.10. The van der Waals surface area contributed by atoms with Gasteiger partial charge >= 0.3 is 6.03 Å². The van der Waals surface area contributed by atoms with Crippen molar-refractivity contribution in [2.24, 2.45) is 5.10 Å². The molecule has 1 aliphatic heterocycles. The zero-order valence-electron chi connectivity index (χ0n) is 16.1. The van der Waals surface area contributed by atoms with Crippen molar-refractivity contribution < 1.29 is 9.59 Å². The van der Waals surface area contributed by atoms with Gasteiger partial charge in [0.1, 0.15) is 12.2 Å². The Bertz CT molecular complexity index is 1050. The first-order valence-corrected chi connectivity index (χ1v) is 9.48. The van der Waals surface area contributed by atoms with E-state index in [0.29, 0.717) is 6.54 Å². The number of hydrogen-bond donors (Lipinski definition) is 1. The van der Waals surface area contributed by atoms with Gasteiger partial charge in [-0.15, -0.1) is 0 Å². The van der Waals surface area contributed by atoms with Crippen LogP contribution in [0.2, 0.25) is 0 Å². The summed E-state index contributed by atoms with van der Waals surface area (Å²) in [7, 11) is 0. The highest BCUT2D eigenvalue weighted by atomic mass is 16.2. The first-order chi connectivity index (χ1) is 14.1. The molecule has 2 heterocycles. The van der Waals surface area contributed by atoms with Gasteiger partial charge in [-0.25, -0.2) is 9.80 Å². The normalized spacial score (nSPS) is 14.0. The minimum Gasteiger partial charge on any atom is -0.275 e. The molecule has 1 aromatic heterocycles. The highest BCUT2D eigenvalue weighted by molar-refractivity contribution is 6.02. The maximum absolute atomic E-state index is 11.7. The number of hydrazone groups is 1. The van der Waals surface area contributed by atoms with Crippen LogP contribution < -0.4 is 5.32 Å². The predicted molar refractivity (Wildman–Crippen MR) is 110 cm³/mol. The third-order valence-electron chi connectivity index (χ3n) is 4.72. The number of imide groups is 1. The van der Waals surface area contributed by atoms with Crippen LogP contribution in [0.4, 0.5) is 4.79 Å². The van der Waals surface area contributed by atoms with Crippen LogP contribution in [-0.4, -0.2) is 39.5 Å². The highest BCUT2D eigenvalue weighted by Crippen LogP contribution is 2.22. The summed E-state index contributed by atoms with van der Waals surface area (Å²) >= 11 is 0.